The molecule has 0 aliphatic heterocycles. The lowest BCUT2D eigenvalue weighted by atomic mass is 10.1. The van der Waals surface area contributed by atoms with E-state index in [9.17, 15) is 4.79 Å². The van der Waals surface area contributed by atoms with Crippen LogP contribution in [0.5, 0.6) is 0 Å². The van der Waals surface area contributed by atoms with Crippen LogP contribution in [0.15, 0.2) is 0 Å². The lowest BCUT2D eigenvalue weighted by molar-refractivity contribution is 0.00922. The van der Waals surface area contributed by atoms with Crippen molar-refractivity contribution < 1.29 is 9.53 Å². The molecule has 4 heteroatoms. The predicted octanol–water partition coefficient (Wildman–Crippen LogP) is 2.69. The Labute approximate surface area is 97.2 Å². The van der Waals surface area contributed by atoms with Gasteiger partial charge in [-0.3, -0.25) is 4.90 Å². The Bertz CT molecular complexity index is 319. The van der Waals surface area contributed by atoms with E-state index in [2.05, 4.69) is 6.07 Å². The molecule has 1 saturated carbocycles. The fourth-order valence-corrected chi connectivity index (χ4v) is 1.53. The first kappa shape index (κ1) is 12.8. The minimum Gasteiger partial charge on any atom is -0.444 e. The van der Waals surface area contributed by atoms with Crippen molar-refractivity contribution in [3.8, 4) is 6.07 Å². The highest BCUT2D eigenvalue weighted by molar-refractivity contribution is 5.70. The average molecular weight is 224 g/mol. The molecule has 0 spiro atoms. The number of hydrogen-bond donors (Lipinski definition) is 0. The number of carbonyl (C=O) groups excluding carboxylic acids is 1. The molecular formula is C12H20N2O2. The molecule has 0 saturated heterocycles. The van der Waals surface area contributed by atoms with Gasteiger partial charge in [0.2, 0.25) is 0 Å². The lowest BCUT2D eigenvalue weighted by Gasteiger charge is -2.34. The standard InChI is InChI=1S/C12H20N2O2/c1-11(2,3)16-10(15)14(9-6-7-9)12(4,5)8-13/h9H,6-7H2,1-5H3. The van der Waals surface area contributed by atoms with Gasteiger partial charge in [-0.05, 0) is 47.5 Å². The summed E-state index contributed by atoms with van der Waals surface area (Å²) in [5.74, 6) is 0. The van der Waals surface area contributed by atoms with E-state index >= 15 is 0 Å². The quantitative estimate of drug-likeness (QED) is 0.724. The Hall–Kier alpha value is -1.24. The Balaban J connectivity index is 2.80. The predicted molar refractivity (Wildman–Crippen MR) is 60.8 cm³/mol. The third-order valence-electron chi connectivity index (χ3n) is 2.38. The number of amides is 1. The maximum atomic E-state index is 12.0. The van der Waals surface area contributed by atoms with E-state index in [1.807, 2.05) is 20.8 Å². The molecule has 0 aromatic heterocycles. The van der Waals surface area contributed by atoms with E-state index in [-0.39, 0.29) is 12.1 Å². The van der Waals surface area contributed by atoms with Crippen molar-refractivity contribution in [1.82, 2.24) is 4.90 Å². The van der Waals surface area contributed by atoms with Gasteiger partial charge in [0.15, 0.2) is 0 Å². The molecule has 4 nitrogen and oxygen atoms in total. The molecule has 1 aliphatic carbocycles. The summed E-state index contributed by atoms with van der Waals surface area (Å²) in [6, 6.07) is 2.33. The maximum Gasteiger partial charge on any atom is 0.411 e. The van der Waals surface area contributed by atoms with Crippen LogP contribution in [0.2, 0.25) is 0 Å². The molecule has 0 atom stereocenters. The second-order valence-electron chi connectivity index (χ2n) is 5.75. The van der Waals surface area contributed by atoms with Crippen molar-refractivity contribution in [3.63, 3.8) is 0 Å². The van der Waals surface area contributed by atoms with Crippen LogP contribution in [0.3, 0.4) is 0 Å². The molecule has 0 radical (unpaired) electrons. The fourth-order valence-electron chi connectivity index (χ4n) is 1.53. The number of rotatable bonds is 2. The summed E-state index contributed by atoms with van der Waals surface area (Å²) in [5.41, 5.74) is -1.32. The summed E-state index contributed by atoms with van der Waals surface area (Å²) in [5, 5.41) is 9.09. The summed E-state index contributed by atoms with van der Waals surface area (Å²) in [6.45, 7) is 8.98. The molecule has 1 fully saturated rings. The topological polar surface area (TPSA) is 53.3 Å². The lowest BCUT2D eigenvalue weighted by Crippen LogP contribution is -2.50. The molecule has 1 aliphatic rings. The second kappa shape index (κ2) is 3.97. The molecule has 1 amide bonds. The first-order valence-corrected chi connectivity index (χ1v) is 5.61. The summed E-state index contributed by atoms with van der Waals surface area (Å²) in [6.07, 6.45) is 1.54. The molecule has 0 N–H and O–H groups in total. The summed E-state index contributed by atoms with van der Waals surface area (Å²) in [4.78, 5) is 13.6. The van der Waals surface area contributed by atoms with Gasteiger partial charge in [-0.2, -0.15) is 5.26 Å². The van der Waals surface area contributed by atoms with Crippen LogP contribution < -0.4 is 0 Å². The van der Waals surface area contributed by atoms with Gasteiger partial charge in [0.25, 0.3) is 0 Å². The largest absolute Gasteiger partial charge is 0.444 e. The summed E-state index contributed by atoms with van der Waals surface area (Å²) in [7, 11) is 0. The fraction of sp³-hybridized carbons (Fsp3) is 0.833. The first-order valence-electron chi connectivity index (χ1n) is 5.61. The molecule has 90 valence electrons. The molecule has 0 aromatic rings. The zero-order chi connectivity index (χ0) is 12.6. The average Bonchev–Trinajstić information content (AvgIpc) is 2.84. The highest BCUT2D eigenvalue weighted by Crippen LogP contribution is 2.33. The smallest absolute Gasteiger partial charge is 0.411 e. The molecule has 0 unspecified atom stereocenters. The van der Waals surface area contributed by atoms with Gasteiger partial charge in [-0.1, -0.05) is 0 Å². The van der Waals surface area contributed by atoms with Crippen molar-refractivity contribution in [3.05, 3.63) is 0 Å². The van der Waals surface area contributed by atoms with Crippen molar-refractivity contribution in [2.75, 3.05) is 0 Å². The van der Waals surface area contributed by atoms with Gasteiger partial charge in [0.1, 0.15) is 11.1 Å². The van der Waals surface area contributed by atoms with E-state index in [1.165, 1.54) is 0 Å². The number of carbonyl (C=O) groups is 1. The molecule has 1 rings (SSSR count). The van der Waals surface area contributed by atoms with Gasteiger partial charge < -0.3 is 4.74 Å². The molecular weight excluding hydrogens is 204 g/mol. The highest BCUT2D eigenvalue weighted by Gasteiger charge is 2.43. The van der Waals surface area contributed by atoms with E-state index < -0.39 is 11.1 Å². The van der Waals surface area contributed by atoms with Gasteiger partial charge in [0.05, 0.1) is 6.07 Å². The Kier molecular flexibility index (Phi) is 3.18. The minimum absolute atomic E-state index is 0.171. The highest BCUT2D eigenvalue weighted by atomic mass is 16.6. The normalized spacial score (nSPS) is 16.5. The Morgan fingerprint density at radius 2 is 1.81 bits per heavy atom. The van der Waals surface area contributed by atoms with E-state index in [1.54, 1.807) is 18.7 Å². The van der Waals surface area contributed by atoms with E-state index in [0.717, 1.165) is 12.8 Å². The van der Waals surface area contributed by atoms with E-state index in [0.29, 0.717) is 0 Å². The molecule has 0 heterocycles. The van der Waals surface area contributed by atoms with Crippen molar-refractivity contribution in [1.29, 1.82) is 5.26 Å². The van der Waals surface area contributed by atoms with Crippen molar-refractivity contribution in [2.24, 2.45) is 0 Å². The number of hydrogen-bond acceptors (Lipinski definition) is 3. The van der Waals surface area contributed by atoms with Crippen LogP contribution >= 0.6 is 0 Å². The Morgan fingerprint density at radius 3 is 2.12 bits per heavy atom. The van der Waals surface area contributed by atoms with Gasteiger partial charge in [-0.25, -0.2) is 4.79 Å². The molecule has 16 heavy (non-hydrogen) atoms. The van der Waals surface area contributed by atoms with Gasteiger partial charge >= 0.3 is 6.09 Å². The van der Waals surface area contributed by atoms with Crippen molar-refractivity contribution in [2.45, 2.75) is 64.6 Å². The zero-order valence-corrected chi connectivity index (χ0v) is 10.7. The van der Waals surface area contributed by atoms with Crippen LogP contribution in [0.4, 0.5) is 4.79 Å². The first-order chi connectivity index (χ1) is 7.17. The van der Waals surface area contributed by atoms with Gasteiger partial charge in [-0.15, -0.1) is 0 Å². The summed E-state index contributed by atoms with van der Waals surface area (Å²) < 4.78 is 5.33. The SMILES string of the molecule is CC(C)(C)OC(=O)N(C1CC1)C(C)(C)C#N. The van der Waals surface area contributed by atoms with Crippen LogP contribution in [0.25, 0.3) is 0 Å². The maximum absolute atomic E-state index is 12.0. The molecule has 0 aromatic carbocycles. The zero-order valence-electron chi connectivity index (χ0n) is 10.7. The van der Waals surface area contributed by atoms with E-state index in [4.69, 9.17) is 10.00 Å². The monoisotopic (exact) mass is 224 g/mol. The Morgan fingerprint density at radius 1 is 1.31 bits per heavy atom. The number of nitriles is 1. The van der Waals surface area contributed by atoms with Crippen LogP contribution in [0, 0.1) is 11.3 Å². The van der Waals surface area contributed by atoms with Crippen LogP contribution in [-0.4, -0.2) is 28.2 Å². The second-order valence-corrected chi connectivity index (χ2v) is 5.75. The van der Waals surface area contributed by atoms with Crippen molar-refractivity contribution >= 4 is 6.09 Å². The van der Waals surface area contributed by atoms with Crippen LogP contribution in [0.1, 0.15) is 47.5 Å². The third-order valence-corrected chi connectivity index (χ3v) is 2.38. The minimum atomic E-state index is -0.802. The van der Waals surface area contributed by atoms with Crippen LogP contribution in [-0.2, 0) is 4.74 Å². The third kappa shape index (κ3) is 3.13. The summed E-state index contributed by atoms with van der Waals surface area (Å²) >= 11 is 0. The molecule has 0 bridgehead atoms. The number of ether oxygens (including phenoxy) is 1. The van der Waals surface area contributed by atoms with Gasteiger partial charge in [0, 0.05) is 6.04 Å². The number of nitrogens with zero attached hydrogens (tertiary/aromatic N) is 2.